The van der Waals surface area contributed by atoms with Crippen LogP contribution in [-0.4, -0.2) is 11.7 Å². The van der Waals surface area contributed by atoms with Gasteiger partial charge in [0.2, 0.25) is 0 Å². The maximum atomic E-state index is 5.81. The molecule has 2 aromatic rings. The van der Waals surface area contributed by atoms with Crippen molar-refractivity contribution in [2.45, 2.75) is 33.9 Å². The van der Waals surface area contributed by atoms with Crippen LogP contribution in [0.5, 0.6) is 5.75 Å². The van der Waals surface area contributed by atoms with Crippen LogP contribution in [0.2, 0.25) is 0 Å². The molecule has 1 aromatic heterocycles. The summed E-state index contributed by atoms with van der Waals surface area (Å²) >= 11 is 0. The summed E-state index contributed by atoms with van der Waals surface area (Å²) in [5.41, 5.74) is 3.27. The van der Waals surface area contributed by atoms with E-state index in [0.717, 1.165) is 35.9 Å². The molecule has 0 radical (unpaired) electrons. The van der Waals surface area contributed by atoms with Crippen LogP contribution >= 0.6 is 0 Å². The van der Waals surface area contributed by atoms with Gasteiger partial charge in [-0.3, -0.25) is 0 Å². The van der Waals surface area contributed by atoms with Crippen LogP contribution in [-0.2, 0) is 13.2 Å². The van der Waals surface area contributed by atoms with Gasteiger partial charge >= 0.3 is 0 Å². The predicted octanol–water partition coefficient (Wildman–Crippen LogP) is 2.98. The second kappa shape index (κ2) is 6.38. The molecule has 0 aliphatic carbocycles. The average Bonchev–Trinajstić information content (AvgIpc) is 2.81. The number of aryl methyl sites for hydroxylation is 2. The molecule has 0 saturated heterocycles. The molecule has 1 heterocycles. The van der Waals surface area contributed by atoms with Gasteiger partial charge in [-0.1, -0.05) is 29.8 Å². The van der Waals surface area contributed by atoms with E-state index in [1.807, 2.05) is 19.1 Å². The van der Waals surface area contributed by atoms with Crippen molar-refractivity contribution < 1.29 is 9.26 Å². The van der Waals surface area contributed by atoms with Gasteiger partial charge in [0.15, 0.2) is 5.76 Å². The fourth-order valence-electron chi connectivity index (χ4n) is 1.88. The number of nitrogens with one attached hydrogen (secondary N) is 1. The fraction of sp³-hybridized carbons (Fsp3) is 0.400. The molecule has 4 heteroatoms. The molecule has 0 saturated carbocycles. The summed E-state index contributed by atoms with van der Waals surface area (Å²) in [6, 6.07) is 8.09. The van der Waals surface area contributed by atoms with Gasteiger partial charge in [-0.25, -0.2) is 0 Å². The lowest BCUT2D eigenvalue weighted by Crippen LogP contribution is -2.13. The van der Waals surface area contributed by atoms with Gasteiger partial charge in [-0.2, -0.15) is 0 Å². The lowest BCUT2D eigenvalue weighted by molar-refractivity contribution is 0.246. The SMILES string of the molecule is CCNCc1cc(C)ccc1OCc1cc(C)no1. The molecule has 1 aromatic carbocycles. The Morgan fingerprint density at radius 3 is 2.79 bits per heavy atom. The summed E-state index contributed by atoms with van der Waals surface area (Å²) in [6.07, 6.45) is 0. The highest BCUT2D eigenvalue weighted by Crippen LogP contribution is 2.21. The molecular formula is C15H20N2O2. The zero-order valence-corrected chi connectivity index (χ0v) is 11.7. The van der Waals surface area contributed by atoms with E-state index in [-0.39, 0.29) is 0 Å². The number of ether oxygens (including phenoxy) is 1. The molecule has 0 fully saturated rings. The molecule has 0 aliphatic rings. The third-order valence-electron chi connectivity index (χ3n) is 2.83. The highest BCUT2D eigenvalue weighted by atomic mass is 16.5. The Labute approximate surface area is 113 Å². The highest BCUT2D eigenvalue weighted by molar-refractivity contribution is 5.36. The van der Waals surface area contributed by atoms with Gasteiger partial charge < -0.3 is 14.6 Å². The van der Waals surface area contributed by atoms with E-state index < -0.39 is 0 Å². The van der Waals surface area contributed by atoms with Crippen molar-refractivity contribution in [2.75, 3.05) is 6.54 Å². The second-order valence-corrected chi connectivity index (χ2v) is 4.61. The lowest BCUT2D eigenvalue weighted by atomic mass is 10.1. The van der Waals surface area contributed by atoms with E-state index in [9.17, 15) is 0 Å². The first-order chi connectivity index (χ1) is 9.19. The predicted molar refractivity (Wildman–Crippen MR) is 74.1 cm³/mol. The summed E-state index contributed by atoms with van der Waals surface area (Å²) in [6.45, 7) is 8.22. The summed E-state index contributed by atoms with van der Waals surface area (Å²) in [5.74, 6) is 1.63. The van der Waals surface area contributed by atoms with Gasteiger partial charge in [0.25, 0.3) is 0 Å². The van der Waals surface area contributed by atoms with E-state index in [1.54, 1.807) is 0 Å². The largest absolute Gasteiger partial charge is 0.485 e. The topological polar surface area (TPSA) is 47.3 Å². The maximum absolute atomic E-state index is 5.81. The second-order valence-electron chi connectivity index (χ2n) is 4.61. The van der Waals surface area contributed by atoms with Crippen LogP contribution in [0.3, 0.4) is 0 Å². The van der Waals surface area contributed by atoms with Crippen molar-refractivity contribution in [3.8, 4) is 5.75 Å². The molecule has 0 bridgehead atoms. The van der Waals surface area contributed by atoms with E-state index in [0.29, 0.717) is 6.61 Å². The minimum Gasteiger partial charge on any atom is -0.485 e. The van der Waals surface area contributed by atoms with Crippen molar-refractivity contribution in [3.05, 3.63) is 46.8 Å². The number of benzene rings is 1. The molecule has 4 nitrogen and oxygen atoms in total. The Bertz CT molecular complexity index is 535. The quantitative estimate of drug-likeness (QED) is 0.867. The van der Waals surface area contributed by atoms with Gasteiger partial charge in [0.05, 0.1) is 5.69 Å². The molecule has 102 valence electrons. The molecule has 0 unspecified atom stereocenters. The number of hydrogen-bond donors (Lipinski definition) is 1. The monoisotopic (exact) mass is 260 g/mol. The van der Waals surface area contributed by atoms with E-state index in [1.165, 1.54) is 5.56 Å². The Balaban J connectivity index is 2.05. The first kappa shape index (κ1) is 13.6. The van der Waals surface area contributed by atoms with Crippen molar-refractivity contribution in [1.29, 1.82) is 0 Å². The maximum Gasteiger partial charge on any atom is 0.174 e. The van der Waals surface area contributed by atoms with Crippen molar-refractivity contribution in [1.82, 2.24) is 10.5 Å². The molecule has 2 rings (SSSR count). The minimum absolute atomic E-state index is 0.406. The van der Waals surface area contributed by atoms with Gasteiger partial charge in [-0.05, 0) is 26.5 Å². The first-order valence-corrected chi connectivity index (χ1v) is 6.54. The average molecular weight is 260 g/mol. The van der Waals surface area contributed by atoms with Gasteiger partial charge in [-0.15, -0.1) is 0 Å². The van der Waals surface area contributed by atoms with Crippen molar-refractivity contribution in [2.24, 2.45) is 0 Å². The van der Waals surface area contributed by atoms with Crippen LogP contribution in [0.25, 0.3) is 0 Å². The Morgan fingerprint density at radius 1 is 1.26 bits per heavy atom. The number of rotatable bonds is 6. The van der Waals surface area contributed by atoms with Gasteiger partial charge in [0.1, 0.15) is 12.4 Å². The van der Waals surface area contributed by atoms with E-state index in [2.05, 4.69) is 36.5 Å². The Morgan fingerprint density at radius 2 is 2.11 bits per heavy atom. The normalized spacial score (nSPS) is 10.7. The van der Waals surface area contributed by atoms with Crippen LogP contribution in [0.1, 0.15) is 29.5 Å². The van der Waals surface area contributed by atoms with Crippen LogP contribution in [0, 0.1) is 13.8 Å². The fourth-order valence-corrected chi connectivity index (χ4v) is 1.88. The summed E-state index contributed by atoms with van der Waals surface area (Å²) in [7, 11) is 0. The van der Waals surface area contributed by atoms with E-state index >= 15 is 0 Å². The molecule has 0 aliphatic heterocycles. The zero-order chi connectivity index (χ0) is 13.7. The van der Waals surface area contributed by atoms with Crippen LogP contribution < -0.4 is 10.1 Å². The Hall–Kier alpha value is -1.81. The number of aromatic nitrogens is 1. The van der Waals surface area contributed by atoms with Crippen molar-refractivity contribution >= 4 is 0 Å². The van der Waals surface area contributed by atoms with Gasteiger partial charge in [0, 0.05) is 18.2 Å². The number of nitrogens with zero attached hydrogens (tertiary/aromatic N) is 1. The molecule has 0 amide bonds. The summed E-state index contributed by atoms with van der Waals surface area (Å²) in [4.78, 5) is 0. The smallest absolute Gasteiger partial charge is 0.174 e. The summed E-state index contributed by atoms with van der Waals surface area (Å²) < 4.78 is 11.0. The molecule has 1 N–H and O–H groups in total. The number of hydrogen-bond acceptors (Lipinski definition) is 4. The first-order valence-electron chi connectivity index (χ1n) is 6.54. The van der Waals surface area contributed by atoms with Crippen LogP contribution in [0.4, 0.5) is 0 Å². The molecular weight excluding hydrogens is 240 g/mol. The summed E-state index contributed by atoms with van der Waals surface area (Å²) in [5, 5.41) is 7.17. The minimum atomic E-state index is 0.406. The molecule has 0 atom stereocenters. The standard InChI is InChI=1S/C15H20N2O2/c1-4-16-9-13-7-11(2)5-6-15(13)18-10-14-8-12(3)17-19-14/h5-8,16H,4,9-10H2,1-3H3. The third-order valence-corrected chi connectivity index (χ3v) is 2.83. The molecule has 0 spiro atoms. The van der Waals surface area contributed by atoms with E-state index in [4.69, 9.17) is 9.26 Å². The molecule has 19 heavy (non-hydrogen) atoms. The van der Waals surface area contributed by atoms with Crippen LogP contribution in [0.15, 0.2) is 28.8 Å². The zero-order valence-electron chi connectivity index (χ0n) is 11.7. The van der Waals surface area contributed by atoms with Crippen molar-refractivity contribution in [3.63, 3.8) is 0 Å². The highest BCUT2D eigenvalue weighted by Gasteiger charge is 2.06. The lowest BCUT2D eigenvalue weighted by Gasteiger charge is -2.11. The Kier molecular flexibility index (Phi) is 4.58. The third kappa shape index (κ3) is 3.83.